The lowest BCUT2D eigenvalue weighted by Gasteiger charge is -2.20. The van der Waals surface area contributed by atoms with E-state index >= 15 is 0 Å². The Kier molecular flexibility index (Phi) is 9.45. The fourth-order valence-corrected chi connectivity index (χ4v) is 5.19. The Labute approximate surface area is 262 Å². The average Bonchev–Trinajstić information content (AvgIpc) is 3.28. The third kappa shape index (κ3) is 6.01. The van der Waals surface area contributed by atoms with E-state index in [0.29, 0.717) is 12.1 Å². The minimum Gasteiger partial charge on any atom is -1.00 e. The van der Waals surface area contributed by atoms with Gasteiger partial charge in [-0.1, -0.05) is 13.8 Å². The molecular formula is C31H35IN4O6. The molecule has 0 aliphatic carbocycles. The quantitative estimate of drug-likeness (QED) is 0.166. The van der Waals surface area contributed by atoms with Crippen LogP contribution in [0.4, 0.5) is 22.7 Å². The van der Waals surface area contributed by atoms with Crippen molar-refractivity contribution in [3.8, 4) is 11.5 Å². The molecule has 3 aromatic rings. The maximum atomic E-state index is 11.2. The number of non-ortho nitro benzene ring substituents is 2. The number of benzene rings is 3. The molecule has 0 radical (unpaired) electrons. The van der Waals surface area contributed by atoms with Gasteiger partial charge in [0.05, 0.1) is 41.2 Å². The van der Waals surface area contributed by atoms with Gasteiger partial charge < -0.3 is 33.5 Å². The van der Waals surface area contributed by atoms with E-state index in [2.05, 4.69) is 45.7 Å². The minimum atomic E-state index is -0.611. The molecule has 0 bridgehead atoms. The molecule has 0 atom stereocenters. The van der Waals surface area contributed by atoms with Crippen molar-refractivity contribution in [2.45, 2.75) is 58.9 Å². The van der Waals surface area contributed by atoms with E-state index in [9.17, 15) is 20.2 Å². The first-order valence-electron chi connectivity index (χ1n) is 13.2. The lowest BCUT2D eigenvalue weighted by Crippen LogP contribution is -3.00. The van der Waals surface area contributed by atoms with E-state index in [1.165, 1.54) is 23.4 Å². The normalized spacial score (nSPS) is 15.4. The second-order valence-corrected chi connectivity index (χ2v) is 11.3. The highest BCUT2D eigenvalue weighted by atomic mass is 127. The first kappa shape index (κ1) is 32.6. The van der Waals surface area contributed by atoms with Crippen LogP contribution in [0.25, 0.3) is 0 Å². The number of nitrogens with zero attached hydrogens (tertiary/aromatic N) is 4. The molecule has 2 aliphatic rings. The summed E-state index contributed by atoms with van der Waals surface area (Å²) in [6.45, 7) is 12.9. The molecule has 0 spiro atoms. The number of hydrogen-bond donors (Lipinski definition) is 0. The number of nitro benzene ring substituents is 2. The Morgan fingerprint density at radius 3 is 1.83 bits per heavy atom. The van der Waals surface area contributed by atoms with Gasteiger partial charge in [0.1, 0.15) is 11.5 Å². The van der Waals surface area contributed by atoms with Gasteiger partial charge in [-0.05, 0) is 56.7 Å². The van der Waals surface area contributed by atoms with E-state index in [1.54, 1.807) is 14.2 Å². The molecule has 0 N–H and O–H groups in total. The largest absolute Gasteiger partial charge is 1.00 e. The zero-order chi connectivity index (χ0) is 30.3. The second-order valence-electron chi connectivity index (χ2n) is 11.3. The van der Waals surface area contributed by atoms with Gasteiger partial charge in [-0.3, -0.25) is 25.2 Å². The standard InChI is InChI=1S/C19H20N3O5.C12H15NO.HI/c1-12-19(2,3)17-10-16(27-4)5-6-18(17)20(12)11-13-7-14(21(23)24)9-15(8-13)22(25)26;1-8-12(2,3)10-7-9(14-4)5-6-11(10)13-8;/h5-10H,11H2,1-4H3;5-7H,1-4H3;1H/q+1;;/p-1. The monoisotopic (exact) mass is 686 g/mol. The third-order valence-electron chi connectivity index (χ3n) is 8.27. The van der Waals surface area contributed by atoms with Gasteiger partial charge in [-0.15, -0.1) is 0 Å². The highest BCUT2D eigenvalue weighted by Crippen LogP contribution is 2.43. The predicted octanol–water partition coefficient (Wildman–Crippen LogP) is 4.19. The van der Waals surface area contributed by atoms with Crippen LogP contribution in [0.2, 0.25) is 0 Å². The molecule has 222 valence electrons. The van der Waals surface area contributed by atoms with Crippen molar-refractivity contribution in [2.75, 3.05) is 14.2 Å². The Bertz CT molecular complexity index is 1600. The summed E-state index contributed by atoms with van der Waals surface area (Å²) in [7, 11) is 3.30. The topological polar surface area (TPSA) is 120 Å². The highest BCUT2D eigenvalue weighted by molar-refractivity contribution is 5.99. The summed E-state index contributed by atoms with van der Waals surface area (Å²) in [4.78, 5) is 25.6. The van der Waals surface area contributed by atoms with Crippen molar-refractivity contribution in [1.29, 1.82) is 0 Å². The number of methoxy groups -OCH3 is 2. The smallest absolute Gasteiger partial charge is 0.276 e. The van der Waals surface area contributed by atoms with Crippen molar-refractivity contribution in [3.63, 3.8) is 0 Å². The van der Waals surface area contributed by atoms with E-state index in [4.69, 9.17) is 9.47 Å². The van der Waals surface area contributed by atoms with Gasteiger partial charge in [0.2, 0.25) is 5.69 Å². The van der Waals surface area contributed by atoms with Gasteiger partial charge in [-0.2, -0.15) is 4.58 Å². The van der Waals surface area contributed by atoms with Crippen LogP contribution in [0.5, 0.6) is 11.5 Å². The summed E-state index contributed by atoms with van der Waals surface area (Å²) >= 11 is 0. The maximum Gasteiger partial charge on any atom is 0.276 e. The molecule has 0 fully saturated rings. The van der Waals surface area contributed by atoms with Crippen LogP contribution in [0.1, 0.15) is 58.2 Å². The summed E-state index contributed by atoms with van der Waals surface area (Å²) in [5.74, 6) is 1.66. The van der Waals surface area contributed by atoms with Crippen LogP contribution in [0, 0.1) is 20.2 Å². The molecular weight excluding hydrogens is 651 g/mol. The SMILES string of the molecule is COc1ccc2c(c1)C(C)(C)C(C)=N2.COc1ccc2c(c1)C(C)(C)C(C)=[N+]2Cc1cc([N+](=O)[O-])cc([N+](=O)[O-])c1.[I-]. The van der Waals surface area contributed by atoms with Crippen molar-refractivity contribution in [1.82, 2.24) is 0 Å². The summed E-state index contributed by atoms with van der Waals surface area (Å²) in [5.41, 5.74) is 6.33. The number of aliphatic imine (C=N–C) groups is 1. The second kappa shape index (κ2) is 12.2. The van der Waals surface area contributed by atoms with Crippen molar-refractivity contribution in [3.05, 3.63) is 91.5 Å². The van der Waals surface area contributed by atoms with Crippen LogP contribution < -0.4 is 33.5 Å². The number of nitro groups is 2. The van der Waals surface area contributed by atoms with E-state index in [-0.39, 0.29) is 46.2 Å². The van der Waals surface area contributed by atoms with Gasteiger partial charge in [0.25, 0.3) is 11.4 Å². The Hall–Kier alpha value is -3.87. The van der Waals surface area contributed by atoms with Crippen molar-refractivity contribution >= 4 is 34.2 Å². The summed E-state index contributed by atoms with van der Waals surface area (Å²) in [5, 5.41) is 22.3. The molecule has 0 amide bonds. The van der Waals surface area contributed by atoms with E-state index < -0.39 is 9.85 Å². The van der Waals surface area contributed by atoms with Gasteiger partial charge in [-0.25, -0.2) is 0 Å². The first-order chi connectivity index (χ1) is 19.2. The first-order valence-corrected chi connectivity index (χ1v) is 13.2. The highest BCUT2D eigenvalue weighted by Gasteiger charge is 2.43. The number of halogens is 1. The van der Waals surface area contributed by atoms with Gasteiger partial charge in [0, 0.05) is 47.4 Å². The molecule has 2 aliphatic heterocycles. The van der Waals surface area contributed by atoms with E-state index in [1.807, 2.05) is 41.8 Å². The molecule has 5 rings (SSSR count). The predicted molar refractivity (Wildman–Crippen MR) is 159 cm³/mol. The summed E-state index contributed by atoms with van der Waals surface area (Å²) in [6.07, 6.45) is 0. The van der Waals surface area contributed by atoms with Crippen LogP contribution in [0.15, 0.2) is 59.6 Å². The van der Waals surface area contributed by atoms with Crippen LogP contribution in [0.3, 0.4) is 0 Å². The molecule has 42 heavy (non-hydrogen) atoms. The fourth-order valence-electron chi connectivity index (χ4n) is 5.19. The summed E-state index contributed by atoms with van der Waals surface area (Å²) in [6, 6.07) is 15.6. The van der Waals surface area contributed by atoms with Crippen molar-refractivity contribution < 1.29 is 47.9 Å². The summed E-state index contributed by atoms with van der Waals surface area (Å²) < 4.78 is 12.6. The molecule has 0 aromatic heterocycles. The Morgan fingerprint density at radius 2 is 1.31 bits per heavy atom. The van der Waals surface area contributed by atoms with Crippen molar-refractivity contribution in [2.24, 2.45) is 4.99 Å². The lowest BCUT2D eigenvalue weighted by atomic mass is 9.82. The lowest BCUT2D eigenvalue weighted by molar-refractivity contribution is -0.456. The van der Waals surface area contributed by atoms with Gasteiger partial charge >= 0.3 is 0 Å². The molecule has 0 saturated carbocycles. The van der Waals surface area contributed by atoms with E-state index in [0.717, 1.165) is 40.2 Å². The molecule has 10 nitrogen and oxygen atoms in total. The number of ether oxygens (including phenoxy) is 2. The fraction of sp³-hybridized carbons (Fsp3) is 0.355. The number of hydrogen-bond acceptors (Lipinski definition) is 7. The van der Waals surface area contributed by atoms with Crippen LogP contribution >= 0.6 is 0 Å². The zero-order valence-electron chi connectivity index (χ0n) is 25.0. The molecule has 0 saturated heterocycles. The average molecular weight is 687 g/mol. The Morgan fingerprint density at radius 1 is 0.786 bits per heavy atom. The molecule has 11 heteroatoms. The van der Waals surface area contributed by atoms with Crippen LogP contribution in [-0.2, 0) is 17.4 Å². The van der Waals surface area contributed by atoms with Crippen LogP contribution in [-0.4, -0.2) is 40.1 Å². The molecule has 2 heterocycles. The minimum absolute atomic E-state index is 0. The van der Waals surface area contributed by atoms with Gasteiger partial charge in [0.15, 0.2) is 12.3 Å². The Balaban J connectivity index is 0.000000272. The molecule has 0 unspecified atom stereocenters. The number of fused-ring (bicyclic) bond motifs is 2. The zero-order valence-corrected chi connectivity index (χ0v) is 27.2. The third-order valence-corrected chi connectivity index (χ3v) is 8.27. The number of rotatable bonds is 6. The maximum absolute atomic E-state index is 11.2. The molecule has 3 aromatic carbocycles.